The molecule has 4 rings (SSSR count). The highest BCUT2D eigenvalue weighted by atomic mass is 16.5. The molecule has 9 nitrogen and oxygen atoms in total. The van der Waals surface area contributed by atoms with Crippen LogP contribution in [0.5, 0.6) is 11.6 Å². The number of hydrogen-bond acceptors (Lipinski definition) is 7. The normalized spacial score (nSPS) is 10.8. The summed E-state index contributed by atoms with van der Waals surface area (Å²) in [5.74, 6) is 2.95. The maximum Gasteiger partial charge on any atom is 0.238 e. The van der Waals surface area contributed by atoms with Crippen molar-refractivity contribution >= 4 is 11.6 Å². The minimum atomic E-state index is -0.144. The van der Waals surface area contributed by atoms with E-state index in [2.05, 4.69) is 25.7 Å². The molecule has 0 fully saturated rings. The monoisotopic (exact) mass is 404 g/mol. The highest BCUT2D eigenvalue weighted by molar-refractivity contribution is 5.92. The first-order valence-corrected chi connectivity index (χ1v) is 9.33. The summed E-state index contributed by atoms with van der Waals surface area (Å²) in [6.45, 7) is 5.50. The number of benzene rings is 1. The molecule has 4 aromatic rings. The summed E-state index contributed by atoms with van der Waals surface area (Å²) in [6, 6.07) is 10.6. The van der Waals surface area contributed by atoms with Crippen molar-refractivity contribution in [3.8, 4) is 17.4 Å². The Morgan fingerprint density at radius 2 is 1.90 bits per heavy atom. The molecular weight excluding hydrogens is 384 g/mol. The van der Waals surface area contributed by atoms with Gasteiger partial charge in [-0.25, -0.2) is 4.98 Å². The van der Waals surface area contributed by atoms with Gasteiger partial charge in [0, 0.05) is 29.7 Å². The molecular formula is C21H20N6O3. The number of nitrogens with zero attached hydrogens (tertiary/aromatic N) is 5. The Morgan fingerprint density at radius 1 is 1.10 bits per heavy atom. The van der Waals surface area contributed by atoms with Gasteiger partial charge in [-0.2, -0.15) is 0 Å². The number of nitrogens with one attached hydrogen (secondary N) is 1. The van der Waals surface area contributed by atoms with Gasteiger partial charge in [-0.05, 0) is 51.1 Å². The molecule has 9 heteroatoms. The fourth-order valence-corrected chi connectivity index (χ4v) is 2.96. The van der Waals surface area contributed by atoms with Gasteiger partial charge in [-0.15, -0.1) is 10.2 Å². The molecule has 0 aliphatic heterocycles. The molecule has 0 spiro atoms. The third-order valence-corrected chi connectivity index (χ3v) is 4.58. The number of imidazole rings is 1. The second-order valence-electron chi connectivity index (χ2n) is 6.73. The van der Waals surface area contributed by atoms with Crippen LogP contribution in [0.25, 0.3) is 5.82 Å². The van der Waals surface area contributed by atoms with Crippen molar-refractivity contribution in [2.24, 2.45) is 0 Å². The van der Waals surface area contributed by atoms with E-state index in [9.17, 15) is 4.79 Å². The van der Waals surface area contributed by atoms with Gasteiger partial charge in [0.15, 0.2) is 5.82 Å². The fourth-order valence-electron chi connectivity index (χ4n) is 2.96. The second kappa shape index (κ2) is 8.16. The van der Waals surface area contributed by atoms with Crippen LogP contribution in [0.1, 0.15) is 22.8 Å². The smallest absolute Gasteiger partial charge is 0.238 e. The van der Waals surface area contributed by atoms with Crippen molar-refractivity contribution in [3.05, 3.63) is 71.6 Å². The van der Waals surface area contributed by atoms with Crippen LogP contribution in [-0.2, 0) is 11.2 Å². The van der Waals surface area contributed by atoms with E-state index >= 15 is 0 Å². The molecule has 3 aromatic heterocycles. The summed E-state index contributed by atoms with van der Waals surface area (Å²) < 4.78 is 12.6. The van der Waals surface area contributed by atoms with Crippen LogP contribution in [0, 0.1) is 20.8 Å². The Kier molecular flexibility index (Phi) is 5.25. The highest BCUT2D eigenvalue weighted by Crippen LogP contribution is 2.22. The number of ether oxygens (including phenoxy) is 1. The van der Waals surface area contributed by atoms with Gasteiger partial charge in [0.25, 0.3) is 0 Å². The van der Waals surface area contributed by atoms with Gasteiger partial charge in [0.1, 0.15) is 17.3 Å². The first kappa shape index (κ1) is 19.3. The fraction of sp³-hybridized carbons (Fsp3) is 0.190. The number of rotatable bonds is 6. The third-order valence-electron chi connectivity index (χ3n) is 4.58. The van der Waals surface area contributed by atoms with Crippen LogP contribution in [-0.4, -0.2) is 30.8 Å². The van der Waals surface area contributed by atoms with E-state index in [-0.39, 0.29) is 12.3 Å². The molecule has 30 heavy (non-hydrogen) atoms. The molecule has 0 aliphatic carbocycles. The zero-order chi connectivity index (χ0) is 21.1. The van der Waals surface area contributed by atoms with E-state index in [0.717, 1.165) is 17.1 Å². The average molecular weight is 404 g/mol. The molecule has 0 unspecified atom stereocenters. The molecule has 1 N–H and O–H groups in total. The van der Waals surface area contributed by atoms with Crippen LogP contribution in [0.4, 0.5) is 5.69 Å². The van der Waals surface area contributed by atoms with Crippen molar-refractivity contribution in [2.75, 3.05) is 5.32 Å². The summed E-state index contributed by atoms with van der Waals surface area (Å²) in [4.78, 5) is 16.4. The number of carbonyl (C=O) groups excluding carboxylic acids is 1. The van der Waals surface area contributed by atoms with E-state index in [1.54, 1.807) is 49.5 Å². The summed E-state index contributed by atoms with van der Waals surface area (Å²) in [5, 5.41) is 15.0. The quantitative estimate of drug-likeness (QED) is 0.523. The molecule has 0 saturated carbocycles. The predicted molar refractivity (Wildman–Crippen MR) is 109 cm³/mol. The lowest BCUT2D eigenvalue weighted by atomic mass is 10.1. The molecule has 1 amide bonds. The van der Waals surface area contributed by atoms with Gasteiger partial charge in [-0.3, -0.25) is 9.36 Å². The van der Waals surface area contributed by atoms with Gasteiger partial charge in [-0.1, -0.05) is 5.16 Å². The molecule has 0 radical (unpaired) electrons. The minimum Gasteiger partial charge on any atom is -0.438 e. The van der Waals surface area contributed by atoms with Gasteiger partial charge in [0.05, 0.1) is 12.1 Å². The zero-order valence-electron chi connectivity index (χ0n) is 16.8. The van der Waals surface area contributed by atoms with Gasteiger partial charge < -0.3 is 14.6 Å². The lowest BCUT2D eigenvalue weighted by molar-refractivity contribution is -0.115. The Labute approximate surface area is 172 Å². The predicted octanol–water partition coefficient (Wildman–Crippen LogP) is 3.55. The molecule has 0 bridgehead atoms. The van der Waals surface area contributed by atoms with Crippen LogP contribution < -0.4 is 10.1 Å². The van der Waals surface area contributed by atoms with Gasteiger partial charge >= 0.3 is 0 Å². The lowest BCUT2D eigenvalue weighted by Crippen LogP contribution is -2.15. The number of amides is 1. The Bertz CT molecular complexity index is 1140. The number of anilines is 1. The van der Waals surface area contributed by atoms with E-state index < -0.39 is 0 Å². The number of aromatic nitrogens is 5. The summed E-state index contributed by atoms with van der Waals surface area (Å²) in [7, 11) is 0. The van der Waals surface area contributed by atoms with Crippen LogP contribution in [0.3, 0.4) is 0 Å². The molecule has 1 aromatic carbocycles. The first-order valence-electron chi connectivity index (χ1n) is 9.33. The van der Waals surface area contributed by atoms with E-state index in [0.29, 0.717) is 28.9 Å². The van der Waals surface area contributed by atoms with Crippen molar-refractivity contribution in [3.63, 3.8) is 0 Å². The van der Waals surface area contributed by atoms with E-state index in [1.165, 1.54) is 0 Å². The van der Waals surface area contributed by atoms with Crippen molar-refractivity contribution < 1.29 is 14.1 Å². The Hall–Kier alpha value is -4.01. The number of aryl methyl sites for hydroxylation is 3. The highest BCUT2D eigenvalue weighted by Gasteiger charge is 2.13. The SMILES string of the molecule is Cc1noc(C)c1CC(=O)Nc1ccc(Oc2ccc(-n3ccnc3C)nn2)cc1. The minimum absolute atomic E-state index is 0.144. The zero-order valence-corrected chi connectivity index (χ0v) is 16.8. The maximum absolute atomic E-state index is 12.3. The Morgan fingerprint density at radius 3 is 2.50 bits per heavy atom. The molecule has 0 aliphatic rings. The van der Waals surface area contributed by atoms with Crippen molar-refractivity contribution in [1.82, 2.24) is 24.9 Å². The Balaban J connectivity index is 1.36. The summed E-state index contributed by atoms with van der Waals surface area (Å²) in [6.07, 6.45) is 3.73. The largest absolute Gasteiger partial charge is 0.438 e. The first-order chi connectivity index (χ1) is 14.5. The van der Waals surface area contributed by atoms with Crippen LogP contribution >= 0.6 is 0 Å². The summed E-state index contributed by atoms with van der Waals surface area (Å²) >= 11 is 0. The van der Waals surface area contributed by atoms with E-state index in [4.69, 9.17) is 9.26 Å². The standard InChI is InChI=1S/C21H20N6O3/c1-13-18(14(2)30-26-13)12-20(28)23-16-4-6-17(7-5-16)29-21-9-8-19(24-25-21)27-11-10-22-15(27)3/h4-11H,12H2,1-3H3,(H,23,28). The summed E-state index contributed by atoms with van der Waals surface area (Å²) in [5.41, 5.74) is 2.19. The third kappa shape index (κ3) is 4.19. The number of carbonyl (C=O) groups is 1. The topological polar surface area (TPSA) is 108 Å². The molecule has 0 atom stereocenters. The van der Waals surface area contributed by atoms with Crippen molar-refractivity contribution in [1.29, 1.82) is 0 Å². The second-order valence-corrected chi connectivity index (χ2v) is 6.73. The van der Waals surface area contributed by atoms with Crippen LogP contribution in [0.15, 0.2) is 53.3 Å². The number of hydrogen-bond donors (Lipinski definition) is 1. The van der Waals surface area contributed by atoms with Crippen LogP contribution in [0.2, 0.25) is 0 Å². The molecule has 0 saturated heterocycles. The molecule has 3 heterocycles. The maximum atomic E-state index is 12.3. The lowest BCUT2D eigenvalue weighted by Gasteiger charge is -2.08. The average Bonchev–Trinajstić information content (AvgIpc) is 3.30. The van der Waals surface area contributed by atoms with Crippen molar-refractivity contribution in [2.45, 2.75) is 27.2 Å². The molecule has 152 valence electrons. The van der Waals surface area contributed by atoms with E-state index in [1.807, 2.05) is 24.6 Å². The van der Waals surface area contributed by atoms with Gasteiger partial charge in [0.2, 0.25) is 11.8 Å².